The van der Waals surface area contributed by atoms with E-state index in [1.54, 1.807) is 11.8 Å². The SMILES string of the molecule is CSC1(CNS(=O)(=O)N(C)CCCO)CCC1. The lowest BCUT2D eigenvalue weighted by Gasteiger charge is -2.40. The second kappa shape index (κ2) is 6.38. The third-order valence-corrected chi connectivity index (χ3v) is 6.25. The van der Waals surface area contributed by atoms with Crippen molar-refractivity contribution in [2.24, 2.45) is 0 Å². The third kappa shape index (κ3) is 4.10. The molecule has 7 heteroatoms. The van der Waals surface area contributed by atoms with Crippen LogP contribution in [0.25, 0.3) is 0 Å². The largest absolute Gasteiger partial charge is 0.396 e. The van der Waals surface area contributed by atoms with Crippen LogP contribution in [-0.2, 0) is 10.2 Å². The fourth-order valence-electron chi connectivity index (χ4n) is 1.77. The van der Waals surface area contributed by atoms with E-state index in [1.807, 2.05) is 6.26 Å². The highest BCUT2D eigenvalue weighted by Gasteiger charge is 2.37. The van der Waals surface area contributed by atoms with Crippen LogP contribution in [0.2, 0.25) is 0 Å². The van der Waals surface area contributed by atoms with Crippen LogP contribution in [0.1, 0.15) is 25.7 Å². The van der Waals surface area contributed by atoms with Gasteiger partial charge in [0.25, 0.3) is 10.2 Å². The molecule has 0 unspecified atom stereocenters. The van der Waals surface area contributed by atoms with Crippen LogP contribution in [0, 0.1) is 0 Å². The Labute approximate surface area is 108 Å². The van der Waals surface area contributed by atoms with Crippen LogP contribution >= 0.6 is 11.8 Å². The molecular formula is C10H22N2O3S2. The van der Waals surface area contributed by atoms with Crippen LogP contribution in [0.5, 0.6) is 0 Å². The van der Waals surface area contributed by atoms with Crippen molar-refractivity contribution in [1.29, 1.82) is 0 Å². The van der Waals surface area contributed by atoms with Crippen LogP contribution < -0.4 is 4.72 Å². The van der Waals surface area contributed by atoms with E-state index >= 15 is 0 Å². The first-order chi connectivity index (χ1) is 7.96. The molecule has 1 aliphatic carbocycles. The molecule has 0 aromatic carbocycles. The van der Waals surface area contributed by atoms with E-state index < -0.39 is 10.2 Å². The summed E-state index contributed by atoms with van der Waals surface area (Å²) in [5.41, 5.74) is 0. The molecule has 0 amide bonds. The predicted molar refractivity (Wildman–Crippen MR) is 71.4 cm³/mol. The highest BCUT2D eigenvalue weighted by atomic mass is 32.2. The minimum Gasteiger partial charge on any atom is -0.396 e. The zero-order valence-electron chi connectivity index (χ0n) is 10.5. The summed E-state index contributed by atoms with van der Waals surface area (Å²) in [6, 6.07) is 0. The van der Waals surface area contributed by atoms with Crippen molar-refractivity contribution >= 4 is 22.0 Å². The molecule has 17 heavy (non-hydrogen) atoms. The molecule has 1 saturated carbocycles. The van der Waals surface area contributed by atoms with Crippen molar-refractivity contribution < 1.29 is 13.5 Å². The average molecular weight is 282 g/mol. The third-order valence-electron chi connectivity index (χ3n) is 3.32. The number of nitrogens with one attached hydrogen (secondary N) is 1. The lowest BCUT2D eigenvalue weighted by molar-refractivity contribution is 0.274. The molecule has 102 valence electrons. The number of hydrogen-bond donors (Lipinski definition) is 2. The van der Waals surface area contributed by atoms with Crippen LogP contribution in [0.4, 0.5) is 0 Å². The van der Waals surface area contributed by atoms with Crippen molar-refractivity contribution in [2.75, 3.05) is 33.0 Å². The van der Waals surface area contributed by atoms with Crippen molar-refractivity contribution in [1.82, 2.24) is 9.03 Å². The molecule has 0 spiro atoms. The van der Waals surface area contributed by atoms with E-state index in [4.69, 9.17) is 5.11 Å². The van der Waals surface area contributed by atoms with Crippen molar-refractivity contribution in [2.45, 2.75) is 30.4 Å². The van der Waals surface area contributed by atoms with Crippen molar-refractivity contribution in [3.8, 4) is 0 Å². The Balaban J connectivity index is 2.43. The quantitative estimate of drug-likeness (QED) is 0.677. The first-order valence-corrected chi connectivity index (χ1v) is 8.49. The molecule has 0 aliphatic heterocycles. The highest BCUT2D eigenvalue weighted by Crippen LogP contribution is 2.42. The Morgan fingerprint density at radius 1 is 1.47 bits per heavy atom. The zero-order valence-corrected chi connectivity index (χ0v) is 12.1. The summed E-state index contributed by atoms with van der Waals surface area (Å²) in [7, 11) is -1.86. The summed E-state index contributed by atoms with van der Waals surface area (Å²) < 4.78 is 27.7. The second-order valence-corrected chi connectivity index (χ2v) is 7.60. The van der Waals surface area contributed by atoms with Gasteiger partial charge in [-0.1, -0.05) is 6.42 Å². The number of thioether (sulfide) groups is 1. The summed E-state index contributed by atoms with van der Waals surface area (Å²) in [5.74, 6) is 0. The van der Waals surface area contributed by atoms with Gasteiger partial charge in [0.2, 0.25) is 0 Å². The topological polar surface area (TPSA) is 69.6 Å². The molecule has 0 heterocycles. The Morgan fingerprint density at radius 2 is 2.12 bits per heavy atom. The molecule has 5 nitrogen and oxygen atoms in total. The molecule has 0 aromatic heterocycles. The molecule has 0 atom stereocenters. The van der Waals surface area contributed by atoms with E-state index in [2.05, 4.69) is 4.72 Å². The van der Waals surface area contributed by atoms with Gasteiger partial charge in [-0.3, -0.25) is 0 Å². The lowest BCUT2D eigenvalue weighted by atomic mass is 9.84. The van der Waals surface area contributed by atoms with Gasteiger partial charge in [-0.05, 0) is 25.5 Å². The maximum Gasteiger partial charge on any atom is 0.279 e. The minimum absolute atomic E-state index is 0.00854. The fourth-order valence-corrected chi connectivity index (χ4v) is 3.82. The van der Waals surface area contributed by atoms with Gasteiger partial charge in [-0.2, -0.15) is 24.5 Å². The number of nitrogens with zero attached hydrogens (tertiary/aromatic N) is 1. The summed E-state index contributed by atoms with van der Waals surface area (Å²) in [6.07, 6.45) is 5.84. The monoisotopic (exact) mass is 282 g/mol. The first kappa shape index (κ1) is 15.2. The standard InChI is InChI=1S/C10H22N2O3S2/c1-12(7-4-8-13)17(14,15)11-9-10(16-2)5-3-6-10/h11,13H,3-9H2,1-2H3. The van der Waals surface area contributed by atoms with Gasteiger partial charge >= 0.3 is 0 Å². The Bertz CT molecular complexity index is 323. The lowest BCUT2D eigenvalue weighted by Crippen LogP contribution is -2.48. The minimum atomic E-state index is -3.39. The molecule has 0 saturated heterocycles. The Hall–Kier alpha value is 0.180. The summed E-state index contributed by atoms with van der Waals surface area (Å²) in [5, 5.41) is 8.68. The van der Waals surface area contributed by atoms with Gasteiger partial charge < -0.3 is 5.11 Å². The molecule has 1 rings (SSSR count). The van der Waals surface area contributed by atoms with Crippen LogP contribution in [-0.4, -0.2) is 55.6 Å². The maximum atomic E-state index is 11.9. The Morgan fingerprint density at radius 3 is 2.53 bits per heavy atom. The van der Waals surface area contributed by atoms with Gasteiger partial charge in [-0.25, -0.2) is 4.72 Å². The van der Waals surface area contributed by atoms with Crippen molar-refractivity contribution in [3.63, 3.8) is 0 Å². The summed E-state index contributed by atoms with van der Waals surface area (Å²) in [4.78, 5) is 0. The van der Waals surface area contributed by atoms with E-state index in [0.29, 0.717) is 19.5 Å². The molecular weight excluding hydrogens is 260 g/mol. The molecule has 1 aliphatic rings. The fraction of sp³-hybridized carbons (Fsp3) is 1.00. The van der Waals surface area contributed by atoms with E-state index in [1.165, 1.54) is 17.8 Å². The van der Waals surface area contributed by atoms with Gasteiger partial charge in [0.15, 0.2) is 0 Å². The smallest absolute Gasteiger partial charge is 0.279 e. The number of hydrogen-bond acceptors (Lipinski definition) is 4. The normalized spacial score (nSPS) is 19.3. The zero-order chi connectivity index (χ0) is 12.9. The predicted octanol–water partition coefficient (Wildman–Crippen LogP) is 0.421. The molecule has 1 fully saturated rings. The van der Waals surface area contributed by atoms with Gasteiger partial charge in [-0.15, -0.1) is 0 Å². The first-order valence-electron chi connectivity index (χ1n) is 5.83. The van der Waals surface area contributed by atoms with Gasteiger partial charge in [0.1, 0.15) is 0 Å². The molecule has 2 N–H and O–H groups in total. The number of aliphatic hydroxyl groups is 1. The summed E-state index contributed by atoms with van der Waals surface area (Å²) in [6.45, 7) is 0.854. The highest BCUT2D eigenvalue weighted by molar-refractivity contribution is 8.00. The van der Waals surface area contributed by atoms with Gasteiger partial charge in [0, 0.05) is 31.5 Å². The van der Waals surface area contributed by atoms with E-state index in [0.717, 1.165) is 12.8 Å². The molecule has 0 radical (unpaired) electrons. The molecule has 0 aromatic rings. The second-order valence-electron chi connectivity index (χ2n) is 4.47. The Kier molecular flexibility index (Phi) is 5.72. The maximum absolute atomic E-state index is 11.9. The molecule has 0 bridgehead atoms. The number of aliphatic hydroxyl groups excluding tert-OH is 1. The van der Waals surface area contributed by atoms with Crippen LogP contribution in [0.15, 0.2) is 0 Å². The average Bonchev–Trinajstić information content (AvgIpc) is 2.24. The van der Waals surface area contributed by atoms with E-state index in [-0.39, 0.29) is 11.4 Å². The van der Waals surface area contributed by atoms with E-state index in [9.17, 15) is 8.42 Å². The number of rotatable bonds is 8. The summed E-state index contributed by atoms with van der Waals surface area (Å²) >= 11 is 1.74. The van der Waals surface area contributed by atoms with Crippen molar-refractivity contribution in [3.05, 3.63) is 0 Å². The van der Waals surface area contributed by atoms with Gasteiger partial charge in [0.05, 0.1) is 0 Å². The van der Waals surface area contributed by atoms with Crippen LogP contribution in [0.3, 0.4) is 0 Å².